The molecular weight excluding hydrogens is 360 g/mol. The van der Waals surface area contributed by atoms with E-state index in [9.17, 15) is 13.2 Å². The summed E-state index contributed by atoms with van der Waals surface area (Å²) in [4.78, 5) is 13.1. The zero-order valence-electron chi connectivity index (χ0n) is 16.4. The van der Waals surface area contributed by atoms with Crippen molar-refractivity contribution in [3.8, 4) is 0 Å². The molecule has 1 aromatic carbocycles. The molecule has 2 saturated carbocycles. The first-order valence-corrected chi connectivity index (χ1v) is 11.6. The molecule has 1 amide bonds. The Kier molecular flexibility index (Phi) is 4.24. The van der Waals surface area contributed by atoms with Crippen LogP contribution in [0.15, 0.2) is 24.3 Å². The summed E-state index contributed by atoms with van der Waals surface area (Å²) in [6, 6.07) is 7.24. The fraction of sp³-hybridized carbons (Fsp3) is 0.667. The van der Waals surface area contributed by atoms with E-state index in [1.165, 1.54) is 9.87 Å². The normalized spacial score (nSPS) is 33.9. The molecule has 27 heavy (non-hydrogen) atoms. The molecule has 6 heteroatoms. The average Bonchev–Trinajstić information content (AvgIpc) is 3.09. The summed E-state index contributed by atoms with van der Waals surface area (Å²) < 4.78 is 27.1. The molecule has 2 bridgehead atoms. The van der Waals surface area contributed by atoms with Crippen molar-refractivity contribution in [1.82, 2.24) is 4.31 Å². The highest BCUT2D eigenvalue weighted by atomic mass is 32.2. The highest BCUT2D eigenvalue weighted by Crippen LogP contribution is 2.70. The molecule has 1 heterocycles. The van der Waals surface area contributed by atoms with Gasteiger partial charge in [0.05, 0.1) is 11.8 Å². The first kappa shape index (κ1) is 18.9. The van der Waals surface area contributed by atoms with Crippen molar-refractivity contribution in [1.29, 1.82) is 0 Å². The van der Waals surface area contributed by atoms with Crippen LogP contribution in [-0.2, 0) is 21.2 Å². The molecule has 0 unspecified atom stereocenters. The summed E-state index contributed by atoms with van der Waals surface area (Å²) in [6.45, 7) is 6.47. The lowest BCUT2D eigenvalue weighted by Crippen LogP contribution is -2.44. The summed E-state index contributed by atoms with van der Waals surface area (Å²) in [7, 11) is -3.57. The van der Waals surface area contributed by atoms with Crippen LogP contribution in [0, 0.1) is 16.7 Å². The average molecular weight is 391 g/mol. The van der Waals surface area contributed by atoms with Crippen molar-refractivity contribution in [2.24, 2.45) is 22.5 Å². The lowest BCUT2D eigenvalue weighted by Gasteiger charge is -2.37. The molecule has 4 rings (SSSR count). The number of aryl methyl sites for hydroxylation is 1. The number of hydrogen-bond acceptors (Lipinski definition) is 4. The van der Waals surface area contributed by atoms with Gasteiger partial charge in [-0.25, -0.2) is 12.7 Å². The van der Waals surface area contributed by atoms with Crippen LogP contribution in [0.5, 0.6) is 0 Å². The van der Waals surface area contributed by atoms with Gasteiger partial charge in [0.25, 0.3) is 0 Å². The maximum absolute atomic E-state index is 13.1. The van der Waals surface area contributed by atoms with Crippen LogP contribution < -0.4 is 5.73 Å². The predicted octanol–water partition coefficient (Wildman–Crippen LogP) is 3.01. The second kappa shape index (κ2) is 6.05. The van der Waals surface area contributed by atoms with E-state index in [2.05, 4.69) is 20.8 Å². The molecule has 2 aliphatic carbocycles. The molecule has 5 nitrogen and oxygen atoms in total. The molecule has 1 aromatic rings. The van der Waals surface area contributed by atoms with Gasteiger partial charge in [0.2, 0.25) is 15.9 Å². The first-order valence-electron chi connectivity index (χ1n) is 10.0. The summed E-state index contributed by atoms with van der Waals surface area (Å²) in [5.74, 6) is 0.274. The second-order valence-electron chi connectivity index (χ2n) is 9.22. The zero-order chi connectivity index (χ0) is 19.6. The van der Waals surface area contributed by atoms with Gasteiger partial charge in [0.1, 0.15) is 0 Å². The Morgan fingerprint density at radius 3 is 2.56 bits per heavy atom. The van der Waals surface area contributed by atoms with Crippen molar-refractivity contribution in [2.75, 3.05) is 5.75 Å². The van der Waals surface area contributed by atoms with Crippen molar-refractivity contribution >= 4 is 15.9 Å². The minimum absolute atomic E-state index is 0.0299. The monoisotopic (exact) mass is 390 g/mol. The minimum atomic E-state index is -3.57. The Bertz CT molecular complexity index is 862. The number of nitrogens with zero attached hydrogens (tertiary/aromatic N) is 1. The van der Waals surface area contributed by atoms with E-state index in [0.717, 1.165) is 31.2 Å². The van der Waals surface area contributed by atoms with Crippen molar-refractivity contribution in [2.45, 2.75) is 65.0 Å². The molecule has 1 aliphatic heterocycles. The zero-order valence-corrected chi connectivity index (χ0v) is 17.3. The van der Waals surface area contributed by atoms with E-state index in [1.54, 1.807) is 0 Å². The van der Waals surface area contributed by atoms with Crippen LogP contribution in [0.2, 0.25) is 0 Å². The van der Waals surface area contributed by atoms with E-state index in [1.807, 2.05) is 24.3 Å². The Morgan fingerprint density at radius 1 is 1.30 bits per heavy atom. The number of fused-ring (bicyclic) bond motifs is 1. The van der Waals surface area contributed by atoms with Gasteiger partial charge >= 0.3 is 0 Å². The third-order valence-electron chi connectivity index (χ3n) is 7.87. The van der Waals surface area contributed by atoms with Gasteiger partial charge in [-0.3, -0.25) is 4.79 Å². The second-order valence-corrected chi connectivity index (χ2v) is 11.1. The van der Waals surface area contributed by atoms with Gasteiger partial charge in [-0.15, -0.1) is 0 Å². The van der Waals surface area contributed by atoms with Crippen molar-refractivity contribution in [3.05, 3.63) is 35.4 Å². The van der Waals surface area contributed by atoms with Gasteiger partial charge in [-0.05, 0) is 48.1 Å². The molecule has 148 valence electrons. The largest absolute Gasteiger partial charge is 0.324 e. The van der Waals surface area contributed by atoms with Gasteiger partial charge in [-0.2, -0.15) is 0 Å². The molecule has 3 aliphatic rings. The van der Waals surface area contributed by atoms with E-state index >= 15 is 0 Å². The topological polar surface area (TPSA) is 80.5 Å². The molecule has 0 aromatic heterocycles. The van der Waals surface area contributed by atoms with Crippen molar-refractivity contribution < 1.29 is 13.2 Å². The molecule has 3 fully saturated rings. The third-order valence-corrected chi connectivity index (χ3v) is 9.81. The summed E-state index contributed by atoms with van der Waals surface area (Å²) in [6.07, 6.45) is 3.76. The van der Waals surface area contributed by atoms with Gasteiger partial charge in [-0.1, -0.05) is 45.0 Å². The van der Waals surface area contributed by atoms with E-state index < -0.39 is 16.1 Å². The maximum Gasteiger partial charge on any atom is 0.238 e. The number of carbonyl (C=O) groups excluding carboxylic acids is 1. The Morgan fingerprint density at radius 2 is 1.96 bits per heavy atom. The number of rotatable bonds is 4. The van der Waals surface area contributed by atoms with Crippen LogP contribution >= 0.6 is 0 Å². The number of amides is 1. The molecular formula is C21H30N2O3S. The Hall–Kier alpha value is -1.40. The van der Waals surface area contributed by atoms with Crippen molar-refractivity contribution in [3.63, 3.8) is 0 Å². The molecule has 1 saturated heterocycles. The summed E-state index contributed by atoms with van der Waals surface area (Å²) in [5.41, 5.74) is 8.05. The highest BCUT2D eigenvalue weighted by Gasteiger charge is 2.72. The Labute approximate surface area is 162 Å². The first-order chi connectivity index (χ1) is 12.6. The highest BCUT2D eigenvalue weighted by molar-refractivity contribution is 7.90. The molecule has 0 radical (unpaired) electrons. The lowest BCUT2D eigenvalue weighted by molar-refractivity contribution is -0.129. The van der Waals surface area contributed by atoms with Crippen LogP contribution in [0.25, 0.3) is 0 Å². The Balaban J connectivity index is 1.56. The number of hydrogen-bond donors (Lipinski definition) is 1. The molecule has 2 N–H and O–H groups in total. The van der Waals surface area contributed by atoms with Gasteiger partial charge in [0.15, 0.2) is 0 Å². The smallest absolute Gasteiger partial charge is 0.238 e. The number of sulfonamides is 1. The summed E-state index contributed by atoms with van der Waals surface area (Å²) in [5, 5.41) is 0. The van der Waals surface area contributed by atoms with Crippen LogP contribution in [0.3, 0.4) is 0 Å². The lowest BCUT2D eigenvalue weighted by atomic mass is 9.69. The minimum Gasteiger partial charge on any atom is -0.324 e. The third kappa shape index (κ3) is 2.59. The van der Waals surface area contributed by atoms with Crippen LogP contribution in [-0.4, -0.2) is 30.4 Å². The van der Waals surface area contributed by atoms with Gasteiger partial charge in [0, 0.05) is 17.9 Å². The summed E-state index contributed by atoms with van der Waals surface area (Å²) >= 11 is 0. The van der Waals surface area contributed by atoms with E-state index in [0.29, 0.717) is 5.92 Å². The predicted molar refractivity (Wildman–Crippen MR) is 105 cm³/mol. The maximum atomic E-state index is 13.1. The SMILES string of the molecule is CCc1ccc([C@H](N)CC(=O)N2[C@H]3C[C@@H]4CC[C@@]3(CS2(=O)=O)C4(C)C)cc1. The molecule has 4 atom stereocenters. The van der Waals surface area contributed by atoms with Crippen LogP contribution in [0.1, 0.15) is 63.6 Å². The number of benzene rings is 1. The van der Waals surface area contributed by atoms with E-state index in [-0.39, 0.29) is 35.0 Å². The fourth-order valence-electron chi connectivity index (χ4n) is 6.01. The number of nitrogens with two attached hydrogens (primary N) is 1. The van der Waals surface area contributed by atoms with E-state index in [4.69, 9.17) is 5.73 Å². The quantitative estimate of drug-likeness (QED) is 0.857. The number of carbonyl (C=O) groups is 1. The standard InChI is InChI=1S/C21H30N2O3S/c1-4-14-5-7-15(8-6-14)17(22)12-19(24)23-18-11-16-9-10-21(18,20(16,2)3)13-27(23,25)26/h5-8,16-18H,4,9-13,22H2,1-3H3/t16-,17+,18-,21-/m0/s1. The van der Waals surface area contributed by atoms with Crippen LogP contribution in [0.4, 0.5) is 0 Å². The van der Waals surface area contributed by atoms with Gasteiger partial charge < -0.3 is 5.73 Å². The fourth-order valence-corrected chi connectivity index (χ4v) is 8.57. The molecule has 1 spiro atoms.